The molecular weight excluding hydrogens is 467 g/mol. The van der Waals surface area contributed by atoms with Gasteiger partial charge in [-0.1, -0.05) is 12.1 Å². The van der Waals surface area contributed by atoms with Crippen LogP contribution < -0.4 is 15.8 Å². The van der Waals surface area contributed by atoms with Crippen molar-refractivity contribution < 1.29 is 17.9 Å². The second kappa shape index (κ2) is 9.17. The predicted molar refractivity (Wildman–Crippen MR) is 134 cm³/mol. The minimum atomic E-state index is -4.40. The van der Waals surface area contributed by atoms with Crippen LogP contribution in [0, 0.1) is 6.92 Å². The van der Waals surface area contributed by atoms with E-state index < -0.39 is 17.8 Å². The van der Waals surface area contributed by atoms with Crippen molar-refractivity contribution >= 4 is 11.8 Å². The summed E-state index contributed by atoms with van der Waals surface area (Å²) in [6.07, 6.45) is 1.11. The Hall–Kier alpha value is -3.52. The normalized spacial score (nSPS) is 21.7. The first-order valence-electron chi connectivity index (χ1n) is 12.0. The monoisotopic (exact) mass is 495 g/mol. The zero-order valence-electron chi connectivity index (χ0n) is 20.3. The quantitative estimate of drug-likeness (QED) is 0.526. The summed E-state index contributed by atoms with van der Waals surface area (Å²) in [4.78, 5) is 15.8. The first-order valence-corrected chi connectivity index (χ1v) is 12.0. The Morgan fingerprint density at radius 2 is 1.56 bits per heavy atom. The molecule has 2 aromatic carbocycles. The van der Waals surface area contributed by atoms with E-state index in [0.29, 0.717) is 11.1 Å². The van der Waals surface area contributed by atoms with Gasteiger partial charge in [0.05, 0.1) is 23.8 Å². The molecule has 2 unspecified atom stereocenters. The lowest BCUT2D eigenvalue weighted by Crippen LogP contribution is -2.45. The summed E-state index contributed by atoms with van der Waals surface area (Å²) in [5.74, 6) is 0. The molecule has 0 radical (unpaired) electrons. The Morgan fingerprint density at radius 3 is 2.17 bits per heavy atom. The van der Waals surface area contributed by atoms with Crippen LogP contribution in [-0.2, 0) is 10.9 Å². The van der Waals surface area contributed by atoms with Crippen molar-refractivity contribution in [2.75, 3.05) is 18.0 Å². The summed E-state index contributed by atoms with van der Waals surface area (Å²) < 4.78 is 46.5. The molecule has 1 aromatic heterocycles. The van der Waals surface area contributed by atoms with Crippen LogP contribution in [0.5, 0.6) is 0 Å². The number of aryl methyl sites for hydroxylation is 1. The molecule has 0 bridgehead atoms. The molecule has 3 atom stereocenters. The second-order valence-corrected chi connectivity index (χ2v) is 9.55. The summed E-state index contributed by atoms with van der Waals surface area (Å²) in [7, 11) is 0. The first-order chi connectivity index (χ1) is 17.1. The van der Waals surface area contributed by atoms with E-state index in [2.05, 4.69) is 24.1 Å². The summed E-state index contributed by atoms with van der Waals surface area (Å²) in [6, 6.07) is 12.6. The lowest BCUT2D eigenvalue weighted by Gasteiger charge is -2.37. The molecule has 0 amide bonds. The van der Waals surface area contributed by atoms with Gasteiger partial charge in [0.2, 0.25) is 0 Å². The highest BCUT2D eigenvalue weighted by atomic mass is 19.4. The fraction of sp³-hybridized carbons (Fsp3) is 0.321. The van der Waals surface area contributed by atoms with E-state index in [1.165, 1.54) is 12.1 Å². The molecule has 8 heteroatoms. The number of fused-ring (bicyclic) bond motifs is 1. The molecule has 36 heavy (non-hydrogen) atoms. The van der Waals surface area contributed by atoms with Crippen LogP contribution in [-0.4, -0.2) is 29.9 Å². The third-order valence-electron chi connectivity index (χ3n) is 6.77. The molecular formula is C28H28F3N3O2. The molecule has 5 nitrogen and oxygen atoms in total. The molecule has 1 fully saturated rings. The van der Waals surface area contributed by atoms with Crippen LogP contribution in [0.25, 0.3) is 11.8 Å². The summed E-state index contributed by atoms with van der Waals surface area (Å²) in [5, 5.41) is 3.20. The van der Waals surface area contributed by atoms with Crippen molar-refractivity contribution in [3.05, 3.63) is 99.1 Å². The number of hydrogen-bond donors (Lipinski definition) is 1. The van der Waals surface area contributed by atoms with Crippen molar-refractivity contribution in [2.45, 2.75) is 45.2 Å². The van der Waals surface area contributed by atoms with Crippen molar-refractivity contribution in [3.63, 3.8) is 0 Å². The molecule has 2 aliphatic rings. The second-order valence-electron chi connectivity index (χ2n) is 9.55. The molecule has 3 aromatic rings. The van der Waals surface area contributed by atoms with Crippen molar-refractivity contribution in [3.8, 4) is 5.69 Å². The number of hydrogen-bond acceptors (Lipinski definition) is 4. The average Bonchev–Trinajstić information content (AvgIpc) is 2.85. The largest absolute Gasteiger partial charge is 0.416 e. The van der Waals surface area contributed by atoms with Gasteiger partial charge in [-0.15, -0.1) is 0 Å². The van der Waals surface area contributed by atoms with Crippen LogP contribution in [0.2, 0.25) is 0 Å². The van der Waals surface area contributed by atoms with Crippen molar-refractivity contribution in [1.82, 2.24) is 9.88 Å². The number of morpholine rings is 1. The Kier molecular flexibility index (Phi) is 6.16. The SMILES string of the molecule is Cc1cn(-c2ccc(N3CC(C)O[C@H](C)C3)cc2)c(=O)c2c1C(c1ccc(C(F)(F)F)cc1)NC=C2. The predicted octanol–water partition coefficient (Wildman–Crippen LogP) is 5.44. The van der Waals surface area contributed by atoms with Gasteiger partial charge in [-0.05, 0) is 86.1 Å². The van der Waals surface area contributed by atoms with Gasteiger partial charge in [0, 0.05) is 36.2 Å². The number of pyridine rings is 1. The first kappa shape index (κ1) is 24.2. The van der Waals surface area contributed by atoms with Gasteiger partial charge in [0.1, 0.15) is 0 Å². The Labute approximate surface area is 207 Å². The maximum absolute atomic E-state index is 13.5. The van der Waals surface area contributed by atoms with E-state index in [4.69, 9.17) is 4.74 Å². The van der Waals surface area contributed by atoms with Gasteiger partial charge >= 0.3 is 6.18 Å². The average molecular weight is 496 g/mol. The minimum absolute atomic E-state index is 0.150. The number of aromatic nitrogens is 1. The van der Waals surface area contributed by atoms with E-state index in [0.717, 1.165) is 47.7 Å². The molecule has 2 aliphatic heterocycles. The van der Waals surface area contributed by atoms with Crippen LogP contribution in [0.4, 0.5) is 18.9 Å². The number of nitrogens with one attached hydrogen (secondary N) is 1. The van der Waals surface area contributed by atoms with E-state index in [9.17, 15) is 18.0 Å². The Bertz CT molecular complexity index is 1330. The highest BCUT2D eigenvalue weighted by Crippen LogP contribution is 2.34. The third kappa shape index (κ3) is 4.53. The minimum Gasteiger partial charge on any atom is -0.380 e. The Balaban J connectivity index is 1.47. The molecule has 1 N–H and O–H groups in total. The number of ether oxygens (including phenoxy) is 1. The van der Waals surface area contributed by atoms with Gasteiger partial charge in [0.25, 0.3) is 5.56 Å². The number of halogens is 3. The molecule has 188 valence electrons. The fourth-order valence-electron chi connectivity index (χ4n) is 5.17. The standard InChI is InChI=1S/C28H28F3N3O2/c1-17-14-34(23-10-8-22(9-11-23)33-15-18(2)36-19(3)16-33)27(35)24-12-13-32-26(25(17)24)20-4-6-21(7-5-20)28(29,30)31/h4-14,18-19,26,32H,15-16H2,1-3H3/t18-,19?,26?/m1/s1. The summed E-state index contributed by atoms with van der Waals surface area (Å²) in [5.41, 5.74) is 3.78. The van der Waals surface area contributed by atoms with Gasteiger partial charge < -0.3 is 15.0 Å². The maximum atomic E-state index is 13.5. The molecule has 3 heterocycles. The smallest absolute Gasteiger partial charge is 0.380 e. The van der Waals surface area contributed by atoms with Gasteiger partial charge in [0.15, 0.2) is 0 Å². The van der Waals surface area contributed by atoms with Crippen LogP contribution in [0.15, 0.2) is 65.7 Å². The fourth-order valence-corrected chi connectivity index (χ4v) is 5.17. The van der Waals surface area contributed by atoms with Gasteiger partial charge in [-0.2, -0.15) is 13.2 Å². The molecule has 0 spiro atoms. The number of nitrogens with zero attached hydrogens (tertiary/aromatic N) is 2. The topological polar surface area (TPSA) is 46.5 Å². The summed E-state index contributed by atoms with van der Waals surface area (Å²) in [6.45, 7) is 7.66. The third-order valence-corrected chi connectivity index (χ3v) is 6.77. The van der Waals surface area contributed by atoms with E-state index >= 15 is 0 Å². The zero-order valence-corrected chi connectivity index (χ0v) is 20.3. The molecule has 0 aliphatic carbocycles. The van der Waals surface area contributed by atoms with E-state index in [1.54, 1.807) is 23.0 Å². The number of alkyl halides is 3. The Morgan fingerprint density at radius 1 is 0.944 bits per heavy atom. The lowest BCUT2D eigenvalue weighted by molar-refractivity contribution is -0.137. The van der Waals surface area contributed by atoms with Crippen LogP contribution >= 0.6 is 0 Å². The van der Waals surface area contributed by atoms with Crippen molar-refractivity contribution in [2.24, 2.45) is 0 Å². The summed E-state index contributed by atoms with van der Waals surface area (Å²) >= 11 is 0. The molecule has 0 saturated carbocycles. The molecule has 5 rings (SSSR count). The number of anilines is 1. The maximum Gasteiger partial charge on any atom is 0.416 e. The van der Waals surface area contributed by atoms with Gasteiger partial charge in [-0.3, -0.25) is 9.36 Å². The zero-order chi connectivity index (χ0) is 25.6. The number of rotatable bonds is 3. The van der Waals surface area contributed by atoms with Crippen LogP contribution in [0.3, 0.4) is 0 Å². The van der Waals surface area contributed by atoms with Crippen LogP contribution in [0.1, 0.15) is 47.7 Å². The van der Waals surface area contributed by atoms with E-state index in [1.807, 2.05) is 31.2 Å². The number of benzene rings is 2. The highest BCUT2D eigenvalue weighted by molar-refractivity contribution is 5.61. The molecule has 1 saturated heterocycles. The van der Waals surface area contributed by atoms with Gasteiger partial charge in [-0.25, -0.2) is 0 Å². The van der Waals surface area contributed by atoms with Crippen molar-refractivity contribution in [1.29, 1.82) is 0 Å². The lowest BCUT2D eigenvalue weighted by atomic mass is 9.90. The highest BCUT2D eigenvalue weighted by Gasteiger charge is 2.31. The van der Waals surface area contributed by atoms with E-state index in [-0.39, 0.29) is 17.8 Å².